The summed E-state index contributed by atoms with van der Waals surface area (Å²) in [6.45, 7) is 0.156. The van der Waals surface area contributed by atoms with E-state index in [9.17, 15) is 14.4 Å². The molecule has 0 aliphatic heterocycles. The zero-order chi connectivity index (χ0) is 23.9. The molecule has 0 saturated carbocycles. The highest BCUT2D eigenvalue weighted by molar-refractivity contribution is 5.82. The number of carboxylic acids is 1. The van der Waals surface area contributed by atoms with Gasteiger partial charge in [-0.15, -0.1) is 0 Å². The molecule has 6 nitrogen and oxygen atoms in total. The Morgan fingerprint density at radius 3 is 2.06 bits per heavy atom. The largest absolute Gasteiger partial charge is 0.481 e. The van der Waals surface area contributed by atoms with Crippen molar-refractivity contribution in [2.24, 2.45) is 0 Å². The van der Waals surface area contributed by atoms with Gasteiger partial charge >= 0.3 is 12.1 Å². The van der Waals surface area contributed by atoms with E-state index in [1.807, 2.05) is 66.7 Å². The lowest BCUT2D eigenvalue weighted by Crippen LogP contribution is -2.38. The Morgan fingerprint density at radius 1 is 0.853 bits per heavy atom. The van der Waals surface area contributed by atoms with E-state index in [0.717, 1.165) is 27.8 Å². The van der Waals surface area contributed by atoms with Crippen LogP contribution in [-0.2, 0) is 20.7 Å². The van der Waals surface area contributed by atoms with Gasteiger partial charge in [-0.2, -0.15) is 0 Å². The van der Waals surface area contributed by atoms with Crippen LogP contribution in [0.5, 0.6) is 0 Å². The Bertz CT molecular complexity index is 1130. The Kier molecular flexibility index (Phi) is 7.38. The summed E-state index contributed by atoms with van der Waals surface area (Å²) >= 11 is 0. The molecule has 1 aliphatic rings. The van der Waals surface area contributed by atoms with Crippen LogP contribution >= 0.6 is 0 Å². The Labute approximate surface area is 198 Å². The summed E-state index contributed by atoms with van der Waals surface area (Å²) in [5.74, 6) is -1.12. The van der Waals surface area contributed by atoms with Gasteiger partial charge in [0.1, 0.15) is 12.4 Å². The summed E-state index contributed by atoms with van der Waals surface area (Å²) in [6, 6.07) is 24.9. The smallest absolute Gasteiger partial charge is 0.407 e. The van der Waals surface area contributed by atoms with Gasteiger partial charge in [-0.25, -0.2) is 4.79 Å². The van der Waals surface area contributed by atoms with Crippen LogP contribution in [0.4, 0.5) is 4.79 Å². The number of carbonyl (C=O) groups excluding carboxylic acids is 2. The van der Waals surface area contributed by atoms with Crippen molar-refractivity contribution in [1.29, 1.82) is 0 Å². The number of aliphatic carboxylic acids is 1. The fourth-order valence-corrected chi connectivity index (χ4v) is 4.50. The number of nitrogens with one attached hydrogen (secondary N) is 1. The third-order valence-corrected chi connectivity index (χ3v) is 6.09. The topological polar surface area (TPSA) is 92.7 Å². The van der Waals surface area contributed by atoms with E-state index in [4.69, 9.17) is 9.84 Å². The number of amides is 1. The second kappa shape index (κ2) is 10.8. The first-order valence-electron chi connectivity index (χ1n) is 11.4. The quantitative estimate of drug-likeness (QED) is 0.449. The van der Waals surface area contributed by atoms with E-state index in [1.165, 1.54) is 0 Å². The molecule has 1 aliphatic carbocycles. The molecule has 6 heteroatoms. The molecular weight excluding hydrogens is 430 g/mol. The van der Waals surface area contributed by atoms with Crippen LogP contribution in [0.15, 0.2) is 78.9 Å². The minimum absolute atomic E-state index is 0.0480. The Balaban J connectivity index is 1.38. The van der Waals surface area contributed by atoms with Crippen LogP contribution in [0.25, 0.3) is 11.1 Å². The normalized spacial score (nSPS) is 12.9. The van der Waals surface area contributed by atoms with Gasteiger partial charge in [0.15, 0.2) is 0 Å². The van der Waals surface area contributed by atoms with Crippen LogP contribution < -0.4 is 5.32 Å². The van der Waals surface area contributed by atoms with Crippen molar-refractivity contribution in [2.45, 2.75) is 37.6 Å². The minimum Gasteiger partial charge on any atom is -0.481 e. The maximum absolute atomic E-state index is 12.6. The molecule has 1 amide bonds. The number of rotatable bonds is 10. The molecule has 0 radical (unpaired) electrons. The van der Waals surface area contributed by atoms with Gasteiger partial charge in [-0.05, 0) is 34.2 Å². The minimum atomic E-state index is -0.977. The Hall–Kier alpha value is -3.93. The second-order valence-corrected chi connectivity index (χ2v) is 8.50. The summed E-state index contributed by atoms with van der Waals surface area (Å²) < 4.78 is 5.57. The molecule has 3 aromatic carbocycles. The van der Waals surface area contributed by atoms with E-state index in [1.54, 1.807) is 0 Å². The number of benzene rings is 3. The van der Waals surface area contributed by atoms with E-state index in [0.29, 0.717) is 0 Å². The van der Waals surface area contributed by atoms with E-state index in [-0.39, 0.29) is 44.0 Å². The highest BCUT2D eigenvalue weighted by Gasteiger charge is 2.29. The predicted molar refractivity (Wildman–Crippen MR) is 129 cm³/mol. The number of Topliss-reactive ketones (excluding diaryl/α,β-unsaturated/α-hetero) is 1. The van der Waals surface area contributed by atoms with Crippen LogP contribution in [0, 0.1) is 0 Å². The molecular formula is C28H27NO5. The zero-order valence-electron chi connectivity index (χ0n) is 18.8. The molecule has 4 rings (SSSR count). The molecule has 0 spiro atoms. The van der Waals surface area contributed by atoms with Crippen molar-refractivity contribution < 1.29 is 24.2 Å². The maximum atomic E-state index is 12.6. The number of fused-ring (bicyclic) bond motifs is 3. The highest BCUT2D eigenvalue weighted by Crippen LogP contribution is 2.44. The van der Waals surface area contributed by atoms with Gasteiger partial charge in [0.25, 0.3) is 0 Å². The van der Waals surface area contributed by atoms with Crippen LogP contribution in [-0.4, -0.2) is 35.6 Å². The van der Waals surface area contributed by atoms with Crippen LogP contribution in [0.2, 0.25) is 0 Å². The van der Waals surface area contributed by atoms with Crippen molar-refractivity contribution in [2.75, 3.05) is 6.61 Å². The summed E-state index contributed by atoms with van der Waals surface area (Å²) in [4.78, 5) is 36.2. The average Bonchev–Trinajstić information content (AvgIpc) is 3.15. The highest BCUT2D eigenvalue weighted by atomic mass is 16.5. The van der Waals surface area contributed by atoms with Gasteiger partial charge in [0.05, 0.1) is 0 Å². The van der Waals surface area contributed by atoms with Crippen molar-refractivity contribution in [3.05, 3.63) is 95.6 Å². The molecule has 174 valence electrons. The molecule has 0 fully saturated rings. The number of alkyl carbamates (subject to hydrolysis) is 1. The number of ketones is 1. The summed E-state index contributed by atoms with van der Waals surface area (Å²) in [5, 5.41) is 11.8. The third kappa shape index (κ3) is 5.70. The van der Waals surface area contributed by atoms with Gasteiger partial charge in [0, 0.05) is 31.2 Å². The number of hydrogen-bond acceptors (Lipinski definition) is 4. The lowest BCUT2D eigenvalue weighted by Gasteiger charge is -2.19. The molecule has 2 N–H and O–H groups in total. The van der Waals surface area contributed by atoms with E-state index >= 15 is 0 Å². The van der Waals surface area contributed by atoms with Gasteiger partial charge in [0.2, 0.25) is 0 Å². The van der Waals surface area contributed by atoms with E-state index < -0.39 is 18.1 Å². The van der Waals surface area contributed by atoms with Crippen molar-refractivity contribution in [1.82, 2.24) is 5.32 Å². The summed E-state index contributed by atoms with van der Waals surface area (Å²) in [7, 11) is 0. The standard InChI is InChI=1S/C28H27NO5/c30-21(16-19-8-2-1-3-9-19)17-20(14-15-27(31)32)29-28(33)34-18-26-24-12-6-4-10-22(24)23-11-5-7-13-25(23)26/h1-13,20,26H,14-18H2,(H,29,33)(H,31,32)/t20-/m0/s1. The maximum Gasteiger partial charge on any atom is 0.407 e. The van der Waals surface area contributed by atoms with Crippen LogP contribution in [0.3, 0.4) is 0 Å². The van der Waals surface area contributed by atoms with Gasteiger partial charge in [-0.1, -0.05) is 78.9 Å². The molecule has 1 atom stereocenters. The second-order valence-electron chi connectivity index (χ2n) is 8.50. The molecule has 0 saturated heterocycles. The Morgan fingerprint density at radius 2 is 1.44 bits per heavy atom. The number of ether oxygens (including phenoxy) is 1. The fourth-order valence-electron chi connectivity index (χ4n) is 4.50. The number of hydrogen-bond donors (Lipinski definition) is 2. The van der Waals surface area contributed by atoms with Gasteiger partial charge in [-0.3, -0.25) is 9.59 Å². The first-order chi connectivity index (χ1) is 16.5. The SMILES string of the molecule is O=C(O)CC[C@@H](CC(=O)Cc1ccccc1)NC(=O)OCC1c2ccccc2-c2ccccc21. The molecule has 0 unspecified atom stereocenters. The van der Waals surface area contributed by atoms with Gasteiger partial charge < -0.3 is 15.2 Å². The molecule has 0 heterocycles. The first kappa shape index (κ1) is 23.2. The first-order valence-corrected chi connectivity index (χ1v) is 11.4. The monoisotopic (exact) mass is 457 g/mol. The average molecular weight is 458 g/mol. The number of carboxylic acid groups (broad SMARTS) is 1. The molecule has 0 bridgehead atoms. The summed E-state index contributed by atoms with van der Waals surface area (Å²) in [6.07, 6.45) is -0.361. The van der Waals surface area contributed by atoms with Crippen LogP contribution in [0.1, 0.15) is 41.9 Å². The van der Waals surface area contributed by atoms with Crippen molar-refractivity contribution in [3.8, 4) is 11.1 Å². The molecule has 0 aromatic heterocycles. The van der Waals surface area contributed by atoms with Crippen molar-refractivity contribution >= 4 is 17.8 Å². The fraction of sp³-hybridized carbons (Fsp3) is 0.250. The lowest BCUT2D eigenvalue weighted by atomic mass is 9.98. The molecule has 3 aromatic rings. The molecule has 34 heavy (non-hydrogen) atoms. The third-order valence-electron chi connectivity index (χ3n) is 6.09. The predicted octanol–water partition coefficient (Wildman–Crippen LogP) is 4.96. The van der Waals surface area contributed by atoms with Crippen molar-refractivity contribution in [3.63, 3.8) is 0 Å². The zero-order valence-corrected chi connectivity index (χ0v) is 18.8. The lowest BCUT2D eigenvalue weighted by molar-refractivity contribution is -0.137. The number of carbonyl (C=O) groups is 3. The summed E-state index contributed by atoms with van der Waals surface area (Å²) in [5.41, 5.74) is 5.37. The van der Waals surface area contributed by atoms with E-state index in [2.05, 4.69) is 17.4 Å².